The van der Waals surface area contributed by atoms with Crippen LogP contribution in [0, 0.1) is 17.3 Å². The second kappa shape index (κ2) is 18.7. The molecule has 1 saturated carbocycles. The van der Waals surface area contributed by atoms with Crippen LogP contribution in [0.4, 0.5) is 9.59 Å². The van der Waals surface area contributed by atoms with Gasteiger partial charge in [-0.15, -0.1) is 0 Å². The van der Waals surface area contributed by atoms with E-state index in [2.05, 4.69) is 44.0 Å². The molecule has 3 unspecified atom stereocenters. The molecule has 5 heterocycles. The third-order valence-electron chi connectivity index (χ3n) is 15.4. The van der Waals surface area contributed by atoms with Crippen LogP contribution in [0.1, 0.15) is 114 Å². The maximum atomic E-state index is 14.0. The average Bonchev–Trinajstić information content (AvgIpc) is 4.23. The highest BCUT2D eigenvalue weighted by Crippen LogP contribution is 2.54. The van der Waals surface area contributed by atoms with Gasteiger partial charge >= 0.3 is 12.2 Å². The number of benzene rings is 3. The van der Waals surface area contributed by atoms with Gasteiger partial charge in [0.15, 0.2) is 5.58 Å². The van der Waals surface area contributed by atoms with Crippen molar-refractivity contribution in [3.8, 4) is 33.5 Å². The smallest absolute Gasteiger partial charge is 0.407 e. The summed E-state index contributed by atoms with van der Waals surface area (Å²) in [5.74, 6) is 0.371. The quantitative estimate of drug-likeness (QED) is 0.0965. The van der Waals surface area contributed by atoms with Gasteiger partial charge in [-0.1, -0.05) is 70.0 Å². The number of aromatic nitrogens is 5. The molecule has 2 saturated heterocycles. The fourth-order valence-corrected chi connectivity index (χ4v) is 11.8. The van der Waals surface area contributed by atoms with Crippen molar-refractivity contribution in [1.82, 2.24) is 45.5 Å². The van der Waals surface area contributed by atoms with Gasteiger partial charge in [0, 0.05) is 18.7 Å². The molecule has 3 aromatic carbocycles. The van der Waals surface area contributed by atoms with Crippen molar-refractivity contribution < 1.29 is 33.2 Å². The number of aromatic amines is 2. The van der Waals surface area contributed by atoms with Gasteiger partial charge in [0.1, 0.15) is 23.7 Å². The molecule has 70 heavy (non-hydrogen) atoms. The first kappa shape index (κ1) is 46.7. The van der Waals surface area contributed by atoms with Gasteiger partial charge in [0.05, 0.1) is 60.7 Å². The number of fused-ring (bicyclic) bond motifs is 3. The monoisotopic (exact) mass is 951 g/mol. The molecule has 6 aromatic rings. The van der Waals surface area contributed by atoms with Gasteiger partial charge in [-0.3, -0.25) is 14.4 Å². The highest BCUT2D eigenvalue weighted by atomic mass is 16.5. The summed E-state index contributed by atoms with van der Waals surface area (Å²) in [6.45, 7) is 8.58. The number of methoxy groups -OCH3 is 2. The van der Waals surface area contributed by atoms with Crippen LogP contribution in [0.2, 0.25) is 0 Å². The fourth-order valence-electron chi connectivity index (χ4n) is 11.8. The number of hydrogen-bond acceptors (Lipinski definition) is 11. The Morgan fingerprint density at radius 3 is 1.93 bits per heavy atom. The summed E-state index contributed by atoms with van der Waals surface area (Å²) in [6.07, 6.45) is 11.8. The molecule has 4 aliphatic rings. The third-order valence-corrected chi connectivity index (χ3v) is 15.4. The van der Waals surface area contributed by atoms with Crippen molar-refractivity contribution in [2.24, 2.45) is 17.3 Å². The average molecular weight is 952 g/mol. The number of amides is 4. The van der Waals surface area contributed by atoms with E-state index in [0.717, 1.165) is 83.8 Å². The Morgan fingerprint density at radius 1 is 0.714 bits per heavy atom. The number of H-pyrrole nitrogens is 2. The molecule has 2 aliphatic heterocycles. The largest absolute Gasteiger partial charge is 0.453 e. The molecular formula is C53H61N9O8. The molecule has 4 N–H and O–H groups in total. The minimum Gasteiger partial charge on any atom is -0.453 e. The summed E-state index contributed by atoms with van der Waals surface area (Å²) in [5.41, 5.74) is 9.44. The predicted molar refractivity (Wildman–Crippen MR) is 262 cm³/mol. The van der Waals surface area contributed by atoms with Crippen molar-refractivity contribution >= 4 is 45.9 Å². The highest BCUT2D eigenvalue weighted by Gasteiger charge is 2.43. The zero-order valence-corrected chi connectivity index (χ0v) is 40.6. The van der Waals surface area contributed by atoms with Crippen molar-refractivity contribution in [3.05, 3.63) is 88.0 Å². The Balaban J connectivity index is 0.955. The normalized spacial score (nSPS) is 19.4. The second-order valence-corrected chi connectivity index (χ2v) is 20.4. The van der Waals surface area contributed by atoms with Crippen LogP contribution in [0.3, 0.4) is 0 Å². The van der Waals surface area contributed by atoms with Gasteiger partial charge < -0.3 is 44.4 Å². The summed E-state index contributed by atoms with van der Waals surface area (Å²) in [4.78, 5) is 85.7. The maximum absolute atomic E-state index is 14.0. The first-order valence-electron chi connectivity index (χ1n) is 24.7. The zero-order chi connectivity index (χ0) is 49.0. The van der Waals surface area contributed by atoms with Crippen LogP contribution in [-0.2, 0) is 31.9 Å². The van der Waals surface area contributed by atoms with E-state index in [9.17, 15) is 24.0 Å². The van der Waals surface area contributed by atoms with E-state index in [1.807, 2.05) is 52.0 Å². The van der Waals surface area contributed by atoms with Crippen molar-refractivity contribution in [2.45, 2.75) is 116 Å². The number of likely N-dealkylation sites (tertiary alicyclic amines) is 2. The lowest BCUT2D eigenvalue weighted by molar-refractivity contribution is -0.136. The number of nitrogens with zero attached hydrogens (tertiary/aromatic N) is 5. The van der Waals surface area contributed by atoms with E-state index in [1.165, 1.54) is 38.2 Å². The molecule has 1 spiro atoms. The van der Waals surface area contributed by atoms with Crippen LogP contribution < -0.4 is 16.2 Å². The Labute approximate surface area is 405 Å². The summed E-state index contributed by atoms with van der Waals surface area (Å²) in [7, 11) is 2.56. The number of alkyl carbamates (subject to hydrolysis) is 2. The molecule has 0 bridgehead atoms. The van der Waals surface area contributed by atoms with Crippen molar-refractivity contribution in [3.63, 3.8) is 0 Å². The summed E-state index contributed by atoms with van der Waals surface area (Å²) < 4.78 is 15.6. The lowest BCUT2D eigenvalue weighted by Crippen LogP contribution is -2.51. The molecule has 17 nitrogen and oxygen atoms in total. The van der Waals surface area contributed by atoms with E-state index >= 15 is 0 Å². The first-order valence-corrected chi connectivity index (χ1v) is 24.7. The Morgan fingerprint density at radius 2 is 1.30 bits per heavy atom. The molecule has 4 amide bonds. The minimum atomic E-state index is -0.782. The van der Waals surface area contributed by atoms with E-state index < -0.39 is 30.3 Å². The zero-order valence-electron chi connectivity index (χ0n) is 40.6. The SMILES string of the molecule is COC(=O)NC(C(=O)N1CCCC1c1ncc(-c2ccc(-c3ccc(-c4ccc5nc([C@@H]6CCCN6C(=O)C(NC(=O)OC)C(C)C)[nH]c(=O)c5c4)c4c3CC3(CCCC3)C4)c3cnoc23)[nH]1)C(C)C. The van der Waals surface area contributed by atoms with Crippen LogP contribution in [-0.4, -0.2) is 98.3 Å². The first-order chi connectivity index (χ1) is 33.8. The van der Waals surface area contributed by atoms with Crippen LogP contribution in [0.25, 0.3) is 55.4 Å². The van der Waals surface area contributed by atoms with Crippen LogP contribution in [0.5, 0.6) is 0 Å². The molecular weight excluding hydrogens is 891 g/mol. The van der Waals surface area contributed by atoms with Gasteiger partial charge in [-0.05, 0) is 120 Å². The Kier molecular flexibility index (Phi) is 12.5. The van der Waals surface area contributed by atoms with E-state index in [1.54, 1.807) is 22.2 Å². The highest BCUT2D eigenvalue weighted by molar-refractivity contribution is 6.02. The second-order valence-electron chi connectivity index (χ2n) is 20.4. The molecule has 3 fully saturated rings. The Hall–Kier alpha value is -7.04. The predicted octanol–water partition coefficient (Wildman–Crippen LogP) is 8.54. The standard InChI is InChI=1S/C53H61N9O8/c1-28(2)43(58-51(66)68-5)49(64)61-21-9-11-41(61)46-54-27-40(57-46)34-17-16-33(38-26-55-70-45(34)38)32-15-14-31(36-24-53(25-37(32)36)19-7-8-20-53)30-13-18-39-35(23-30)48(63)60-47(56-39)42-12-10-22-62(42)50(65)44(29(3)4)59-52(67)69-6/h13-18,23,26-29,41-44H,7-12,19-22,24-25H2,1-6H3,(H,54,57)(H,58,66)(H,59,67)(H,56,60,63)/t41?,42-,43?,44?/m0/s1. The van der Waals surface area contributed by atoms with Crippen LogP contribution in [0.15, 0.2) is 64.2 Å². The summed E-state index contributed by atoms with van der Waals surface area (Å²) in [5, 5.41) is 11.1. The number of carbonyl (C=O) groups is 4. The number of rotatable bonds is 11. The number of carbonyl (C=O) groups excluding carboxylic acids is 4. The van der Waals surface area contributed by atoms with Gasteiger partial charge in [-0.25, -0.2) is 19.6 Å². The molecule has 366 valence electrons. The number of imidazole rings is 1. The van der Waals surface area contributed by atoms with Crippen molar-refractivity contribution in [2.75, 3.05) is 27.3 Å². The Bertz CT molecular complexity index is 3070. The third kappa shape index (κ3) is 8.36. The summed E-state index contributed by atoms with van der Waals surface area (Å²) >= 11 is 0. The fraction of sp³-hybridized carbons (Fsp3) is 0.472. The number of hydrogen-bond donors (Lipinski definition) is 4. The minimum absolute atomic E-state index is 0.143. The molecule has 2 aliphatic carbocycles. The lowest BCUT2D eigenvalue weighted by Gasteiger charge is -2.30. The number of ether oxygens (including phenoxy) is 2. The molecule has 10 rings (SSSR count). The van der Waals surface area contributed by atoms with Crippen LogP contribution >= 0.6 is 0 Å². The maximum Gasteiger partial charge on any atom is 0.407 e. The molecule has 17 heteroatoms. The summed E-state index contributed by atoms with van der Waals surface area (Å²) in [6, 6.07) is 12.2. The van der Waals surface area contributed by atoms with E-state index in [-0.39, 0.29) is 40.7 Å². The molecule has 3 aromatic heterocycles. The van der Waals surface area contributed by atoms with Gasteiger partial charge in [0.2, 0.25) is 11.8 Å². The van der Waals surface area contributed by atoms with Gasteiger partial charge in [0.25, 0.3) is 5.56 Å². The topological polar surface area (TPSA) is 218 Å². The van der Waals surface area contributed by atoms with E-state index in [4.69, 9.17) is 24.0 Å². The number of nitrogens with one attached hydrogen (secondary N) is 4. The molecule has 0 radical (unpaired) electrons. The van der Waals surface area contributed by atoms with E-state index in [0.29, 0.717) is 47.6 Å². The van der Waals surface area contributed by atoms with Crippen molar-refractivity contribution in [1.29, 1.82) is 0 Å². The molecule has 4 atom stereocenters. The van der Waals surface area contributed by atoms with Gasteiger partial charge in [-0.2, -0.15) is 0 Å². The lowest BCUT2D eigenvalue weighted by atomic mass is 9.82.